The van der Waals surface area contributed by atoms with Crippen LogP contribution in [0.3, 0.4) is 0 Å². The first-order chi connectivity index (χ1) is 7.72. The number of aliphatic hydroxyl groups is 1. The topological polar surface area (TPSA) is 54.4 Å². The van der Waals surface area contributed by atoms with Gasteiger partial charge in [0.1, 0.15) is 6.10 Å². The summed E-state index contributed by atoms with van der Waals surface area (Å²) >= 11 is 6.10. The van der Waals surface area contributed by atoms with Crippen LogP contribution in [-0.2, 0) is 9.84 Å². The van der Waals surface area contributed by atoms with Crippen LogP contribution in [0.2, 0.25) is 0 Å². The van der Waals surface area contributed by atoms with Crippen molar-refractivity contribution in [1.82, 2.24) is 0 Å². The predicted octanol–water partition coefficient (Wildman–Crippen LogP) is 2.42. The smallest absolute Gasteiger partial charge is 0.174 e. The summed E-state index contributed by atoms with van der Waals surface area (Å²) in [5.74, 6) is 0. The number of hydrogen-bond acceptors (Lipinski definition) is 3. The number of rotatable bonds is 4. The molecule has 0 saturated heterocycles. The summed E-state index contributed by atoms with van der Waals surface area (Å²) in [5, 5.41) is 10.2. The summed E-state index contributed by atoms with van der Waals surface area (Å²) in [6.45, 7) is 3.52. The molecule has 5 heteroatoms. The van der Waals surface area contributed by atoms with Crippen LogP contribution in [0.15, 0.2) is 24.3 Å². The average Bonchev–Trinajstić information content (AvgIpc) is 2.25. The van der Waals surface area contributed by atoms with Crippen molar-refractivity contribution in [3.8, 4) is 0 Å². The number of halogens is 1. The van der Waals surface area contributed by atoms with Crippen molar-refractivity contribution in [2.75, 3.05) is 6.26 Å². The standard InChI is InChI=1S/C12H17ClO3S/c1-4-12(13,17(3,15)16)11(14)10-7-5-6-9(2)8-10/h5-8,11,14H,4H2,1-3H3/t11-,12-/m1/s1. The number of hydrogen-bond donors (Lipinski definition) is 1. The van der Waals surface area contributed by atoms with Gasteiger partial charge in [-0.2, -0.15) is 0 Å². The molecule has 1 aromatic carbocycles. The minimum Gasteiger partial charge on any atom is -0.385 e. The molecule has 0 fully saturated rings. The SMILES string of the molecule is CC[C@](Cl)([C@H](O)c1cccc(C)c1)S(C)(=O)=O. The van der Waals surface area contributed by atoms with Crippen molar-refractivity contribution >= 4 is 21.4 Å². The summed E-state index contributed by atoms with van der Waals surface area (Å²) in [5.41, 5.74) is 1.47. The molecule has 0 radical (unpaired) electrons. The van der Waals surface area contributed by atoms with Crippen molar-refractivity contribution in [3.05, 3.63) is 35.4 Å². The maximum atomic E-state index is 11.7. The third-order valence-electron chi connectivity index (χ3n) is 2.86. The van der Waals surface area contributed by atoms with E-state index in [9.17, 15) is 13.5 Å². The van der Waals surface area contributed by atoms with E-state index < -0.39 is 20.1 Å². The fraction of sp³-hybridized carbons (Fsp3) is 0.500. The Labute approximate surface area is 107 Å². The van der Waals surface area contributed by atoms with Gasteiger partial charge < -0.3 is 5.11 Å². The van der Waals surface area contributed by atoms with Crippen LogP contribution in [0.4, 0.5) is 0 Å². The highest BCUT2D eigenvalue weighted by Gasteiger charge is 2.44. The second kappa shape index (κ2) is 4.96. The zero-order chi connectivity index (χ0) is 13.3. The van der Waals surface area contributed by atoms with E-state index in [1.807, 2.05) is 13.0 Å². The highest BCUT2D eigenvalue weighted by molar-refractivity contribution is 7.93. The average molecular weight is 277 g/mol. The molecular weight excluding hydrogens is 260 g/mol. The first-order valence-electron chi connectivity index (χ1n) is 5.35. The summed E-state index contributed by atoms with van der Waals surface area (Å²) in [4.78, 5) is 0. The molecule has 2 atom stereocenters. The van der Waals surface area contributed by atoms with E-state index in [0.29, 0.717) is 5.56 Å². The fourth-order valence-corrected chi connectivity index (χ4v) is 2.94. The molecule has 0 amide bonds. The molecule has 1 aromatic rings. The van der Waals surface area contributed by atoms with Gasteiger partial charge in [0.15, 0.2) is 14.0 Å². The number of alkyl halides is 1. The Balaban J connectivity index is 3.24. The Bertz CT molecular complexity index is 498. The minimum atomic E-state index is -3.56. The lowest BCUT2D eigenvalue weighted by molar-refractivity contribution is 0.155. The molecule has 17 heavy (non-hydrogen) atoms. The van der Waals surface area contributed by atoms with E-state index in [1.54, 1.807) is 25.1 Å². The minimum absolute atomic E-state index is 0.141. The quantitative estimate of drug-likeness (QED) is 0.860. The van der Waals surface area contributed by atoms with Gasteiger partial charge in [0.2, 0.25) is 0 Å². The van der Waals surface area contributed by atoms with Crippen LogP contribution < -0.4 is 0 Å². The maximum absolute atomic E-state index is 11.7. The van der Waals surface area contributed by atoms with E-state index in [-0.39, 0.29) is 6.42 Å². The van der Waals surface area contributed by atoms with Crippen molar-refractivity contribution in [2.24, 2.45) is 0 Å². The lowest BCUT2D eigenvalue weighted by atomic mass is 10.0. The van der Waals surface area contributed by atoms with Crippen molar-refractivity contribution < 1.29 is 13.5 Å². The van der Waals surface area contributed by atoms with Gasteiger partial charge in [-0.3, -0.25) is 0 Å². The molecule has 0 heterocycles. The van der Waals surface area contributed by atoms with Gasteiger partial charge in [-0.1, -0.05) is 48.4 Å². The summed E-state index contributed by atoms with van der Waals surface area (Å²) in [6, 6.07) is 7.06. The number of benzene rings is 1. The summed E-state index contributed by atoms with van der Waals surface area (Å²) in [7, 11) is -3.56. The van der Waals surface area contributed by atoms with Crippen LogP contribution in [0.25, 0.3) is 0 Å². The molecule has 0 spiro atoms. The lowest BCUT2D eigenvalue weighted by Crippen LogP contribution is -2.37. The van der Waals surface area contributed by atoms with Crippen LogP contribution >= 0.6 is 11.6 Å². The number of aliphatic hydroxyl groups excluding tert-OH is 1. The molecular formula is C12H17ClO3S. The van der Waals surface area contributed by atoms with E-state index in [2.05, 4.69) is 0 Å². The molecule has 0 aliphatic heterocycles. The van der Waals surface area contributed by atoms with Gasteiger partial charge >= 0.3 is 0 Å². The lowest BCUT2D eigenvalue weighted by Gasteiger charge is -2.29. The highest BCUT2D eigenvalue weighted by atomic mass is 35.5. The van der Waals surface area contributed by atoms with Crippen molar-refractivity contribution in [1.29, 1.82) is 0 Å². The second-order valence-electron chi connectivity index (χ2n) is 4.23. The fourth-order valence-electron chi connectivity index (χ4n) is 1.75. The highest BCUT2D eigenvalue weighted by Crippen LogP contribution is 2.39. The predicted molar refractivity (Wildman–Crippen MR) is 69.9 cm³/mol. The molecule has 0 aliphatic carbocycles. The van der Waals surface area contributed by atoms with Crippen molar-refractivity contribution in [3.63, 3.8) is 0 Å². The zero-order valence-corrected chi connectivity index (χ0v) is 11.7. The summed E-state index contributed by atoms with van der Waals surface area (Å²) < 4.78 is 21.7. The Morgan fingerprint density at radius 2 is 2.06 bits per heavy atom. The Morgan fingerprint density at radius 3 is 2.47 bits per heavy atom. The molecule has 0 aliphatic rings. The number of aryl methyl sites for hydroxylation is 1. The molecule has 96 valence electrons. The third kappa shape index (κ3) is 2.81. The zero-order valence-electron chi connectivity index (χ0n) is 10.1. The van der Waals surface area contributed by atoms with Crippen molar-refractivity contribution in [2.45, 2.75) is 30.6 Å². The molecule has 1 rings (SSSR count). The van der Waals surface area contributed by atoms with E-state index in [0.717, 1.165) is 11.8 Å². The van der Waals surface area contributed by atoms with Gasteiger partial charge in [-0.15, -0.1) is 0 Å². The summed E-state index contributed by atoms with van der Waals surface area (Å²) in [6.07, 6.45) is -0.0468. The number of sulfone groups is 1. The van der Waals surface area contributed by atoms with Crippen LogP contribution in [0, 0.1) is 6.92 Å². The Kier molecular flexibility index (Phi) is 4.23. The molecule has 0 unspecified atom stereocenters. The first-order valence-corrected chi connectivity index (χ1v) is 7.62. The Hall–Kier alpha value is -0.580. The van der Waals surface area contributed by atoms with E-state index in [1.165, 1.54) is 0 Å². The van der Waals surface area contributed by atoms with Gasteiger partial charge in [0.05, 0.1) is 0 Å². The van der Waals surface area contributed by atoms with Gasteiger partial charge in [-0.25, -0.2) is 8.42 Å². The van der Waals surface area contributed by atoms with Crippen LogP contribution in [0.1, 0.15) is 30.6 Å². The van der Waals surface area contributed by atoms with E-state index in [4.69, 9.17) is 11.6 Å². The molecule has 0 bridgehead atoms. The van der Waals surface area contributed by atoms with Crippen LogP contribution in [0.5, 0.6) is 0 Å². The van der Waals surface area contributed by atoms with Crippen LogP contribution in [-0.4, -0.2) is 24.0 Å². The monoisotopic (exact) mass is 276 g/mol. The molecule has 0 aromatic heterocycles. The second-order valence-corrected chi connectivity index (χ2v) is 7.40. The van der Waals surface area contributed by atoms with Gasteiger partial charge in [0, 0.05) is 6.26 Å². The molecule has 0 saturated carbocycles. The first kappa shape index (κ1) is 14.5. The van der Waals surface area contributed by atoms with Gasteiger partial charge in [0.25, 0.3) is 0 Å². The third-order valence-corrected chi connectivity index (χ3v) is 5.92. The molecule has 3 nitrogen and oxygen atoms in total. The molecule has 1 N–H and O–H groups in total. The van der Waals surface area contributed by atoms with Gasteiger partial charge in [-0.05, 0) is 18.9 Å². The van der Waals surface area contributed by atoms with E-state index >= 15 is 0 Å². The largest absolute Gasteiger partial charge is 0.385 e. The normalized spacial score (nSPS) is 17.5. The maximum Gasteiger partial charge on any atom is 0.174 e. The Morgan fingerprint density at radius 1 is 1.47 bits per heavy atom.